The maximum Gasteiger partial charge on any atom is 0.0964 e. The topological polar surface area (TPSA) is 24.9 Å². The molecule has 2 aromatic rings. The van der Waals surface area contributed by atoms with Crippen molar-refractivity contribution in [2.75, 3.05) is 13.1 Å². The van der Waals surface area contributed by atoms with Gasteiger partial charge in [0.1, 0.15) is 0 Å². The molecule has 0 spiro atoms. The number of fused-ring (bicyclic) bond motifs is 1. The maximum atomic E-state index is 5.01. The molecule has 1 N–H and O–H groups in total. The van der Waals surface area contributed by atoms with Gasteiger partial charge in [-0.3, -0.25) is 0 Å². The third-order valence-electron chi connectivity index (χ3n) is 6.02. The molecule has 1 unspecified atom stereocenters. The summed E-state index contributed by atoms with van der Waals surface area (Å²) in [7, 11) is 0. The molecule has 0 radical (unpaired) electrons. The number of benzene rings is 1. The van der Waals surface area contributed by atoms with Crippen LogP contribution in [-0.2, 0) is 5.41 Å². The van der Waals surface area contributed by atoms with Gasteiger partial charge in [0.2, 0.25) is 0 Å². The number of hydrogen-bond acceptors (Lipinski definition) is 3. The largest absolute Gasteiger partial charge is 0.317 e. The Hall–Kier alpha value is -1.19. The standard InChI is InChI=1S/C21H28N2S/c1-14-6-9-21(2,3)18-12-16(4-5-17(14)18)19-13-24-20(23-19)15-7-10-22-11-8-15/h4-5,12-15,22H,6-11H2,1-3H3. The number of thiazole rings is 1. The Labute approximate surface area is 149 Å². The van der Waals surface area contributed by atoms with Gasteiger partial charge in [-0.1, -0.05) is 32.9 Å². The molecule has 1 aromatic heterocycles. The van der Waals surface area contributed by atoms with Gasteiger partial charge in [-0.05, 0) is 67.3 Å². The molecule has 1 aromatic carbocycles. The zero-order valence-electron chi connectivity index (χ0n) is 15.1. The van der Waals surface area contributed by atoms with Crippen LogP contribution < -0.4 is 5.32 Å². The van der Waals surface area contributed by atoms with E-state index in [0.717, 1.165) is 13.1 Å². The summed E-state index contributed by atoms with van der Waals surface area (Å²) in [4.78, 5) is 5.01. The number of nitrogens with zero attached hydrogens (tertiary/aromatic N) is 1. The second-order valence-corrected chi connectivity index (χ2v) is 9.11. The van der Waals surface area contributed by atoms with E-state index in [2.05, 4.69) is 49.7 Å². The second-order valence-electron chi connectivity index (χ2n) is 8.22. The van der Waals surface area contributed by atoms with Crippen LogP contribution in [0.15, 0.2) is 23.6 Å². The van der Waals surface area contributed by atoms with E-state index in [4.69, 9.17) is 4.98 Å². The third kappa shape index (κ3) is 2.93. The van der Waals surface area contributed by atoms with E-state index >= 15 is 0 Å². The first kappa shape index (κ1) is 16.3. The highest BCUT2D eigenvalue weighted by Crippen LogP contribution is 2.44. The van der Waals surface area contributed by atoms with E-state index < -0.39 is 0 Å². The molecule has 4 rings (SSSR count). The van der Waals surface area contributed by atoms with Crippen molar-refractivity contribution in [3.05, 3.63) is 39.7 Å². The van der Waals surface area contributed by atoms with Crippen molar-refractivity contribution >= 4 is 11.3 Å². The van der Waals surface area contributed by atoms with E-state index in [1.807, 2.05) is 11.3 Å². The van der Waals surface area contributed by atoms with Crippen LogP contribution >= 0.6 is 11.3 Å². The summed E-state index contributed by atoms with van der Waals surface area (Å²) in [6.07, 6.45) is 5.03. The minimum atomic E-state index is 0.283. The molecule has 1 aliphatic carbocycles. The Morgan fingerprint density at radius 2 is 1.96 bits per heavy atom. The van der Waals surface area contributed by atoms with Gasteiger partial charge in [0.15, 0.2) is 0 Å². The summed E-state index contributed by atoms with van der Waals surface area (Å²) in [5.41, 5.74) is 5.84. The minimum absolute atomic E-state index is 0.283. The molecule has 2 nitrogen and oxygen atoms in total. The molecular weight excluding hydrogens is 312 g/mol. The molecule has 0 bridgehead atoms. The predicted molar refractivity (Wildman–Crippen MR) is 103 cm³/mol. The quantitative estimate of drug-likeness (QED) is 0.786. The summed E-state index contributed by atoms with van der Waals surface area (Å²) >= 11 is 1.85. The lowest BCUT2D eigenvalue weighted by atomic mass is 9.69. The second kappa shape index (κ2) is 6.27. The first-order valence-electron chi connectivity index (χ1n) is 9.35. The smallest absolute Gasteiger partial charge is 0.0964 e. The highest BCUT2D eigenvalue weighted by molar-refractivity contribution is 7.10. The van der Waals surface area contributed by atoms with Crippen LogP contribution in [0.4, 0.5) is 0 Å². The van der Waals surface area contributed by atoms with Gasteiger partial charge in [-0.25, -0.2) is 4.98 Å². The van der Waals surface area contributed by atoms with Crippen molar-refractivity contribution < 1.29 is 0 Å². The van der Waals surface area contributed by atoms with Crippen molar-refractivity contribution in [1.29, 1.82) is 0 Å². The Bertz CT molecular complexity index is 725. The van der Waals surface area contributed by atoms with Crippen LogP contribution in [0, 0.1) is 0 Å². The maximum absolute atomic E-state index is 5.01. The van der Waals surface area contributed by atoms with Crippen LogP contribution in [-0.4, -0.2) is 18.1 Å². The molecule has 3 heteroatoms. The fraction of sp³-hybridized carbons (Fsp3) is 0.571. The number of aromatic nitrogens is 1. The van der Waals surface area contributed by atoms with Crippen molar-refractivity contribution in [3.8, 4) is 11.3 Å². The predicted octanol–water partition coefficient (Wildman–Crippen LogP) is 5.45. The Balaban J connectivity index is 1.67. The van der Waals surface area contributed by atoms with E-state index in [1.165, 1.54) is 47.5 Å². The molecular formula is C21H28N2S. The van der Waals surface area contributed by atoms with Crippen molar-refractivity contribution in [3.63, 3.8) is 0 Å². The molecule has 1 atom stereocenters. The third-order valence-corrected chi connectivity index (χ3v) is 7.03. The Kier molecular flexibility index (Phi) is 4.26. The molecule has 1 saturated heterocycles. The number of piperidine rings is 1. The highest BCUT2D eigenvalue weighted by Gasteiger charge is 2.31. The Morgan fingerprint density at radius 1 is 1.17 bits per heavy atom. The molecule has 2 heterocycles. The fourth-order valence-electron chi connectivity index (χ4n) is 4.28. The minimum Gasteiger partial charge on any atom is -0.317 e. The van der Waals surface area contributed by atoms with Gasteiger partial charge in [-0.2, -0.15) is 0 Å². The van der Waals surface area contributed by atoms with Gasteiger partial charge in [-0.15, -0.1) is 11.3 Å². The summed E-state index contributed by atoms with van der Waals surface area (Å²) in [5.74, 6) is 1.34. The van der Waals surface area contributed by atoms with Crippen LogP contribution in [0.25, 0.3) is 11.3 Å². The van der Waals surface area contributed by atoms with E-state index in [0.29, 0.717) is 11.8 Å². The number of rotatable bonds is 2. The van der Waals surface area contributed by atoms with Crippen molar-refractivity contribution in [1.82, 2.24) is 10.3 Å². The first-order valence-corrected chi connectivity index (χ1v) is 10.2. The molecule has 24 heavy (non-hydrogen) atoms. The van der Waals surface area contributed by atoms with Crippen LogP contribution in [0.5, 0.6) is 0 Å². The molecule has 128 valence electrons. The number of hydrogen-bond donors (Lipinski definition) is 1. The summed E-state index contributed by atoms with van der Waals surface area (Å²) in [5, 5.41) is 7.04. The fourth-order valence-corrected chi connectivity index (χ4v) is 5.28. The van der Waals surface area contributed by atoms with Gasteiger partial charge < -0.3 is 5.32 Å². The highest BCUT2D eigenvalue weighted by atomic mass is 32.1. The van der Waals surface area contributed by atoms with Gasteiger partial charge in [0.25, 0.3) is 0 Å². The molecule has 0 saturated carbocycles. The monoisotopic (exact) mass is 340 g/mol. The summed E-state index contributed by atoms with van der Waals surface area (Å²) < 4.78 is 0. The molecule has 2 aliphatic rings. The first-order chi connectivity index (χ1) is 11.5. The SMILES string of the molecule is CC1CCC(C)(C)c2cc(-c3csc(C4CCNCC4)n3)ccc21. The zero-order valence-corrected chi connectivity index (χ0v) is 15.9. The molecule has 1 aliphatic heterocycles. The van der Waals surface area contributed by atoms with Crippen LogP contribution in [0.3, 0.4) is 0 Å². The lowest BCUT2D eigenvalue weighted by Crippen LogP contribution is -2.26. The van der Waals surface area contributed by atoms with Gasteiger partial charge in [0, 0.05) is 16.9 Å². The molecule has 0 amide bonds. The summed E-state index contributed by atoms with van der Waals surface area (Å²) in [6.45, 7) is 9.41. The average Bonchev–Trinajstić information content (AvgIpc) is 3.09. The number of nitrogens with one attached hydrogen (secondary N) is 1. The van der Waals surface area contributed by atoms with Crippen molar-refractivity contribution in [2.45, 2.75) is 63.7 Å². The van der Waals surface area contributed by atoms with Crippen molar-refractivity contribution in [2.24, 2.45) is 0 Å². The lowest BCUT2D eigenvalue weighted by Gasteiger charge is -2.36. The van der Waals surface area contributed by atoms with Crippen LogP contribution in [0.2, 0.25) is 0 Å². The van der Waals surface area contributed by atoms with E-state index in [1.54, 1.807) is 5.56 Å². The Morgan fingerprint density at radius 3 is 2.75 bits per heavy atom. The van der Waals surface area contributed by atoms with E-state index in [9.17, 15) is 0 Å². The molecule has 1 fully saturated rings. The normalized spacial score (nSPS) is 23.9. The average molecular weight is 341 g/mol. The van der Waals surface area contributed by atoms with Crippen LogP contribution in [0.1, 0.15) is 74.4 Å². The van der Waals surface area contributed by atoms with Gasteiger partial charge in [0.05, 0.1) is 10.7 Å². The summed E-state index contributed by atoms with van der Waals surface area (Å²) in [6, 6.07) is 7.07. The zero-order chi connectivity index (χ0) is 16.7. The van der Waals surface area contributed by atoms with E-state index in [-0.39, 0.29) is 5.41 Å². The van der Waals surface area contributed by atoms with Gasteiger partial charge >= 0.3 is 0 Å². The lowest BCUT2D eigenvalue weighted by molar-refractivity contribution is 0.402.